The van der Waals surface area contributed by atoms with Gasteiger partial charge in [-0.15, -0.1) is 0 Å². The molecule has 1 heterocycles. The van der Waals surface area contributed by atoms with Gasteiger partial charge in [0.25, 0.3) is 0 Å². The molecule has 1 unspecified atom stereocenters. The number of likely N-dealkylation sites (tertiary alicyclic amines) is 1. The van der Waals surface area contributed by atoms with Crippen LogP contribution in [0.3, 0.4) is 0 Å². The van der Waals surface area contributed by atoms with E-state index in [0.29, 0.717) is 6.04 Å². The van der Waals surface area contributed by atoms with Gasteiger partial charge in [-0.2, -0.15) is 0 Å². The Bertz CT molecular complexity index is 340. The van der Waals surface area contributed by atoms with Crippen LogP contribution in [0.5, 0.6) is 5.75 Å². The van der Waals surface area contributed by atoms with E-state index in [2.05, 4.69) is 11.8 Å². The number of benzene rings is 1. The summed E-state index contributed by atoms with van der Waals surface area (Å²) in [5, 5.41) is 0. The van der Waals surface area contributed by atoms with Crippen molar-refractivity contribution in [2.24, 2.45) is 0 Å². The topological polar surface area (TPSA) is 38.5 Å². The summed E-state index contributed by atoms with van der Waals surface area (Å²) in [6.07, 6.45) is 2.64. The lowest BCUT2D eigenvalue weighted by Gasteiger charge is -2.20. The normalized spacial score (nSPS) is 21.2. The van der Waals surface area contributed by atoms with E-state index in [1.54, 1.807) is 0 Å². The summed E-state index contributed by atoms with van der Waals surface area (Å²) in [5.41, 5.74) is 6.44. The van der Waals surface area contributed by atoms with E-state index < -0.39 is 0 Å². The molecule has 1 fully saturated rings. The monoisotopic (exact) mass is 220 g/mol. The third-order valence-corrected chi connectivity index (χ3v) is 3.20. The summed E-state index contributed by atoms with van der Waals surface area (Å²) in [4.78, 5) is 2.48. The maximum atomic E-state index is 5.68. The number of nitrogen functional groups attached to an aromatic ring is 1. The molecule has 1 aliphatic rings. The number of hydrogen-bond acceptors (Lipinski definition) is 3. The summed E-state index contributed by atoms with van der Waals surface area (Å²) in [7, 11) is 0. The fourth-order valence-electron chi connectivity index (χ4n) is 2.21. The quantitative estimate of drug-likeness (QED) is 0.790. The van der Waals surface area contributed by atoms with E-state index in [-0.39, 0.29) is 0 Å². The van der Waals surface area contributed by atoms with Gasteiger partial charge >= 0.3 is 0 Å². The van der Waals surface area contributed by atoms with Crippen molar-refractivity contribution in [3.05, 3.63) is 24.3 Å². The molecule has 1 saturated heterocycles. The maximum Gasteiger partial charge on any atom is 0.121 e. The second-order valence-electron chi connectivity index (χ2n) is 4.45. The fraction of sp³-hybridized carbons (Fsp3) is 0.538. The second-order valence-corrected chi connectivity index (χ2v) is 4.45. The molecule has 0 spiro atoms. The number of nitrogens with zero attached hydrogens (tertiary/aromatic N) is 1. The molecule has 0 saturated carbocycles. The van der Waals surface area contributed by atoms with Gasteiger partial charge in [-0.3, -0.25) is 4.90 Å². The Balaban J connectivity index is 1.75. The van der Waals surface area contributed by atoms with Crippen LogP contribution in [-0.4, -0.2) is 30.6 Å². The van der Waals surface area contributed by atoms with Crippen LogP contribution in [0.2, 0.25) is 0 Å². The lowest BCUT2D eigenvalue weighted by atomic mass is 10.2. The van der Waals surface area contributed by atoms with Gasteiger partial charge < -0.3 is 10.5 Å². The fourth-order valence-corrected chi connectivity index (χ4v) is 2.21. The van der Waals surface area contributed by atoms with E-state index >= 15 is 0 Å². The first kappa shape index (κ1) is 11.3. The molecule has 0 aliphatic carbocycles. The largest absolute Gasteiger partial charge is 0.492 e. The lowest BCUT2D eigenvalue weighted by molar-refractivity contribution is 0.204. The van der Waals surface area contributed by atoms with Gasteiger partial charge in [0.15, 0.2) is 0 Å². The van der Waals surface area contributed by atoms with E-state index in [1.165, 1.54) is 19.4 Å². The molecule has 0 amide bonds. The van der Waals surface area contributed by atoms with Gasteiger partial charge in [-0.1, -0.05) is 6.07 Å². The molecule has 1 aromatic rings. The van der Waals surface area contributed by atoms with E-state index in [9.17, 15) is 0 Å². The lowest BCUT2D eigenvalue weighted by Crippen LogP contribution is -2.31. The molecule has 2 N–H and O–H groups in total. The minimum absolute atomic E-state index is 0.712. The average Bonchev–Trinajstić information content (AvgIpc) is 2.65. The Labute approximate surface area is 97.2 Å². The molecule has 1 aliphatic heterocycles. The van der Waals surface area contributed by atoms with Crippen LogP contribution in [0, 0.1) is 0 Å². The van der Waals surface area contributed by atoms with Crippen molar-refractivity contribution in [1.29, 1.82) is 0 Å². The van der Waals surface area contributed by atoms with E-state index in [0.717, 1.165) is 24.6 Å². The highest BCUT2D eigenvalue weighted by atomic mass is 16.5. The Morgan fingerprint density at radius 3 is 3.06 bits per heavy atom. The molecule has 0 aromatic heterocycles. The van der Waals surface area contributed by atoms with Crippen molar-refractivity contribution in [2.45, 2.75) is 25.8 Å². The third kappa shape index (κ3) is 2.89. The van der Waals surface area contributed by atoms with E-state index in [1.807, 2.05) is 24.3 Å². The van der Waals surface area contributed by atoms with Gasteiger partial charge in [0.05, 0.1) is 0 Å². The molecule has 1 atom stereocenters. The number of anilines is 1. The Morgan fingerprint density at radius 2 is 2.38 bits per heavy atom. The first-order chi connectivity index (χ1) is 7.75. The van der Waals surface area contributed by atoms with Crippen molar-refractivity contribution >= 4 is 5.69 Å². The van der Waals surface area contributed by atoms with Crippen LogP contribution in [0.15, 0.2) is 24.3 Å². The Kier molecular flexibility index (Phi) is 3.67. The predicted octanol–water partition coefficient (Wildman–Crippen LogP) is 2.13. The molecule has 88 valence electrons. The van der Waals surface area contributed by atoms with Crippen LogP contribution in [0.4, 0.5) is 5.69 Å². The highest BCUT2D eigenvalue weighted by Crippen LogP contribution is 2.17. The zero-order chi connectivity index (χ0) is 11.4. The summed E-state index contributed by atoms with van der Waals surface area (Å²) < 4.78 is 5.68. The van der Waals surface area contributed by atoms with E-state index in [4.69, 9.17) is 10.5 Å². The Hall–Kier alpha value is -1.22. The van der Waals surface area contributed by atoms with Gasteiger partial charge in [0, 0.05) is 24.3 Å². The zero-order valence-corrected chi connectivity index (χ0v) is 9.86. The van der Waals surface area contributed by atoms with Crippen molar-refractivity contribution < 1.29 is 4.74 Å². The molecule has 0 radical (unpaired) electrons. The third-order valence-electron chi connectivity index (χ3n) is 3.20. The summed E-state index contributed by atoms with van der Waals surface area (Å²) in [6.45, 7) is 5.25. The molecule has 16 heavy (non-hydrogen) atoms. The van der Waals surface area contributed by atoms with Crippen LogP contribution in [0.25, 0.3) is 0 Å². The maximum absolute atomic E-state index is 5.68. The van der Waals surface area contributed by atoms with Gasteiger partial charge in [0.2, 0.25) is 0 Å². The minimum atomic E-state index is 0.712. The summed E-state index contributed by atoms with van der Waals surface area (Å²) in [5.74, 6) is 0.867. The van der Waals surface area contributed by atoms with Crippen LogP contribution >= 0.6 is 0 Å². The SMILES string of the molecule is CC1CCCN1CCOc1cccc(N)c1. The van der Waals surface area contributed by atoms with Crippen molar-refractivity contribution in [3.8, 4) is 5.75 Å². The van der Waals surface area contributed by atoms with Crippen LogP contribution in [0.1, 0.15) is 19.8 Å². The molecular formula is C13H20N2O. The van der Waals surface area contributed by atoms with Crippen molar-refractivity contribution in [2.75, 3.05) is 25.4 Å². The average molecular weight is 220 g/mol. The molecule has 3 nitrogen and oxygen atoms in total. The van der Waals surface area contributed by atoms with Crippen LogP contribution in [-0.2, 0) is 0 Å². The molecule has 1 aromatic carbocycles. The molecule has 2 rings (SSSR count). The number of nitrogens with two attached hydrogens (primary N) is 1. The Morgan fingerprint density at radius 1 is 1.50 bits per heavy atom. The number of ether oxygens (including phenoxy) is 1. The minimum Gasteiger partial charge on any atom is -0.492 e. The highest BCUT2D eigenvalue weighted by molar-refractivity contribution is 5.43. The van der Waals surface area contributed by atoms with Crippen molar-refractivity contribution in [1.82, 2.24) is 4.90 Å². The highest BCUT2D eigenvalue weighted by Gasteiger charge is 2.19. The number of rotatable bonds is 4. The first-order valence-corrected chi connectivity index (χ1v) is 5.98. The van der Waals surface area contributed by atoms with Gasteiger partial charge in [-0.05, 0) is 38.4 Å². The zero-order valence-electron chi connectivity index (χ0n) is 9.86. The van der Waals surface area contributed by atoms with Gasteiger partial charge in [0.1, 0.15) is 12.4 Å². The molecule has 3 heteroatoms. The number of hydrogen-bond donors (Lipinski definition) is 1. The standard InChI is InChI=1S/C13H20N2O/c1-11-4-3-7-15(11)8-9-16-13-6-2-5-12(14)10-13/h2,5-6,10-11H,3-4,7-9,14H2,1H3. The van der Waals surface area contributed by atoms with Gasteiger partial charge in [-0.25, -0.2) is 0 Å². The smallest absolute Gasteiger partial charge is 0.121 e. The second kappa shape index (κ2) is 5.21. The summed E-state index contributed by atoms with van der Waals surface area (Å²) >= 11 is 0. The molecule has 0 bridgehead atoms. The predicted molar refractivity (Wildman–Crippen MR) is 66.6 cm³/mol. The summed E-state index contributed by atoms with van der Waals surface area (Å²) in [6, 6.07) is 8.32. The van der Waals surface area contributed by atoms with Crippen LogP contribution < -0.4 is 10.5 Å². The van der Waals surface area contributed by atoms with Crippen molar-refractivity contribution in [3.63, 3.8) is 0 Å². The first-order valence-electron chi connectivity index (χ1n) is 5.98. The molecular weight excluding hydrogens is 200 g/mol.